The second-order valence-corrected chi connectivity index (χ2v) is 4.81. The maximum Gasteiger partial charge on any atom is 0.121 e. The van der Waals surface area contributed by atoms with Crippen molar-refractivity contribution in [1.82, 2.24) is 0 Å². The first-order chi connectivity index (χ1) is 7.74. The Balaban J connectivity index is 2.08. The lowest BCUT2D eigenvalue weighted by Gasteiger charge is -2.40. The highest BCUT2D eigenvalue weighted by atomic mass is 16.6. The van der Waals surface area contributed by atoms with Crippen LogP contribution >= 0.6 is 0 Å². The Hall–Kier alpha value is -0.560. The maximum absolute atomic E-state index is 9.58. The fourth-order valence-corrected chi connectivity index (χ4v) is 2.83. The van der Waals surface area contributed by atoms with Crippen LogP contribution in [0.5, 0.6) is 0 Å². The van der Waals surface area contributed by atoms with Crippen molar-refractivity contribution in [1.29, 1.82) is 0 Å². The van der Waals surface area contributed by atoms with E-state index in [9.17, 15) is 5.11 Å². The second-order valence-electron chi connectivity index (χ2n) is 4.81. The molecule has 0 spiro atoms. The van der Waals surface area contributed by atoms with Crippen molar-refractivity contribution in [2.75, 3.05) is 6.61 Å². The zero-order chi connectivity index (χ0) is 11.6. The van der Waals surface area contributed by atoms with Crippen molar-refractivity contribution in [3.8, 4) is 12.3 Å². The normalized spacial score (nSPS) is 42.7. The first kappa shape index (κ1) is 11.9. The summed E-state index contributed by atoms with van der Waals surface area (Å²) in [6.07, 6.45) is 10.2. The van der Waals surface area contributed by atoms with E-state index in [4.69, 9.17) is 15.9 Å². The molecule has 3 heteroatoms. The van der Waals surface area contributed by atoms with E-state index in [0.29, 0.717) is 6.42 Å². The molecular formula is C13H20O3. The SMILES string of the molecule is C#C[C@H]1C[C@]2(CO)O[C@@H](CCC)CC[C@@H]2O1. The van der Waals surface area contributed by atoms with Gasteiger partial charge in [-0.25, -0.2) is 0 Å². The van der Waals surface area contributed by atoms with Crippen LogP contribution in [-0.2, 0) is 9.47 Å². The number of hydrogen-bond acceptors (Lipinski definition) is 3. The fraction of sp³-hybridized carbons (Fsp3) is 0.846. The molecule has 1 N–H and O–H groups in total. The molecule has 90 valence electrons. The van der Waals surface area contributed by atoms with Gasteiger partial charge in [-0.1, -0.05) is 19.3 Å². The molecule has 2 fully saturated rings. The monoisotopic (exact) mass is 224 g/mol. The van der Waals surface area contributed by atoms with Gasteiger partial charge in [0.25, 0.3) is 0 Å². The van der Waals surface area contributed by atoms with Gasteiger partial charge in [0, 0.05) is 6.42 Å². The van der Waals surface area contributed by atoms with Gasteiger partial charge in [-0.3, -0.25) is 0 Å². The molecule has 2 aliphatic rings. The molecule has 2 saturated heterocycles. The molecule has 0 amide bonds. The minimum atomic E-state index is -0.533. The Morgan fingerprint density at radius 1 is 1.50 bits per heavy atom. The van der Waals surface area contributed by atoms with Crippen LogP contribution in [0.2, 0.25) is 0 Å². The van der Waals surface area contributed by atoms with Crippen LogP contribution in [0.15, 0.2) is 0 Å². The van der Waals surface area contributed by atoms with E-state index >= 15 is 0 Å². The molecule has 3 nitrogen and oxygen atoms in total. The van der Waals surface area contributed by atoms with Crippen molar-refractivity contribution in [3.63, 3.8) is 0 Å². The molecule has 0 aliphatic carbocycles. The molecule has 16 heavy (non-hydrogen) atoms. The van der Waals surface area contributed by atoms with Crippen LogP contribution in [0.1, 0.15) is 39.0 Å². The summed E-state index contributed by atoms with van der Waals surface area (Å²) in [4.78, 5) is 0. The lowest BCUT2D eigenvalue weighted by Crippen LogP contribution is -2.51. The summed E-state index contributed by atoms with van der Waals surface area (Å²) in [5, 5.41) is 9.58. The van der Waals surface area contributed by atoms with Gasteiger partial charge in [-0.15, -0.1) is 6.42 Å². The summed E-state index contributed by atoms with van der Waals surface area (Å²) < 4.78 is 11.8. The predicted octanol–water partition coefficient (Wildman–Crippen LogP) is 1.49. The average molecular weight is 224 g/mol. The minimum absolute atomic E-state index is 0.00998. The molecule has 2 aliphatic heterocycles. The summed E-state index contributed by atoms with van der Waals surface area (Å²) in [7, 11) is 0. The third kappa shape index (κ3) is 1.98. The van der Waals surface area contributed by atoms with Crippen LogP contribution in [0.3, 0.4) is 0 Å². The third-order valence-corrected chi connectivity index (χ3v) is 3.66. The third-order valence-electron chi connectivity index (χ3n) is 3.66. The molecule has 2 rings (SSSR count). The summed E-state index contributed by atoms with van der Waals surface area (Å²) in [6, 6.07) is 0. The van der Waals surface area contributed by atoms with Gasteiger partial charge in [-0.2, -0.15) is 0 Å². The summed E-state index contributed by atoms with van der Waals surface area (Å²) >= 11 is 0. The Morgan fingerprint density at radius 2 is 2.31 bits per heavy atom. The Kier molecular flexibility index (Phi) is 3.53. The lowest BCUT2D eigenvalue weighted by atomic mass is 9.86. The number of aliphatic hydroxyl groups is 1. The van der Waals surface area contributed by atoms with Gasteiger partial charge in [0.1, 0.15) is 11.7 Å². The minimum Gasteiger partial charge on any atom is -0.393 e. The summed E-state index contributed by atoms with van der Waals surface area (Å²) in [5.41, 5.74) is -0.533. The molecule has 0 aromatic rings. The molecule has 4 atom stereocenters. The molecule has 0 saturated carbocycles. The highest BCUT2D eigenvalue weighted by molar-refractivity contribution is 5.09. The van der Waals surface area contributed by atoms with Crippen LogP contribution < -0.4 is 0 Å². The zero-order valence-electron chi connectivity index (χ0n) is 9.82. The Labute approximate surface area is 97.1 Å². The van der Waals surface area contributed by atoms with E-state index in [-0.39, 0.29) is 24.9 Å². The molecular weight excluding hydrogens is 204 g/mol. The van der Waals surface area contributed by atoms with E-state index < -0.39 is 5.60 Å². The molecule has 2 heterocycles. The van der Waals surface area contributed by atoms with Gasteiger partial charge in [0.05, 0.1) is 18.8 Å². The van der Waals surface area contributed by atoms with Crippen molar-refractivity contribution >= 4 is 0 Å². The number of terminal acetylenes is 1. The van der Waals surface area contributed by atoms with Gasteiger partial charge >= 0.3 is 0 Å². The molecule has 0 aromatic heterocycles. The average Bonchev–Trinajstić information content (AvgIpc) is 2.68. The van der Waals surface area contributed by atoms with Crippen molar-refractivity contribution in [2.45, 2.75) is 62.9 Å². The highest BCUT2D eigenvalue weighted by Gasteiger charge is 2.52. The van der Waals surface area contributed by atoms with Crippen LogP contribution in [0, 0.1) is 12.3 Å². The smallest absolute Gasteiger partial charge is 0.121 e. The van der Waals surface area contributed by atoms with E-state index in [1.165, 1.54) is 0 Å². The van der Waals surface area contributed by atoms with Crippen molar-refractivity contribution in [3.05, 3.63) is 0 Å². The van der Waals surface area contributed by atoms with E-state index in [2.05, 4.69) is 12.8 Å². The first-order valence-corrected chi connectivity index (χ1v) is 6.14. The standard InChI is InChI=1S/C13H20O3/c1-3-5-11-6-7-12-13(9-14,16-11)8-10(4-2)15-12/h2,10-12,14H,3,5-9H2,1H3/t10-,11-,12-,13+/m0/s1. The van der Waals surface area contributed by atoms with Crippen LogP contribution in [-0.4, -0.2) is 35.6 Å². The van der Waals surface area contributed by atoms with E-state index in [0.717, 1.165) is 25.7 Å². The van der Waals surface area contributed by atoms with Crippen molar-refractivity contribution in [2.24, 2.45) is 0 Å². The van der Waals surface area contributed by atoms with Crippen molar-refractivity contribution < 1.29 is 14.6 Å². The van der Waals surface area contributed by atoms with Gasteiger partial charge in [0.2, 0.25) is 0 Å². The number of rotatable bonds is 3. The quantitative estimate of drug-likeness (QED) is 0.738. The lowest BCUT2D eigenvalue weighted by molar-refractivity contribution is -0.183. The molecule has 0 unspecified atom stereocenters. The first-order valence-electron chi connectivity index (χ1n) is 6.14. The number of ether oxygens (including phenoxy) is 2. The molecule has 0 radical (unpaired) electrons. The largest absolute Gasteiger partial charge is 0.393 e. The number of aliphatic hydroxyl groups excluding tert-OH is 1. The number of fused-ring (bicyclic) bond motifs is 1. The fourth-order valence-electron chi connectivity index (χ4n) is 2.83. The second kappa shape index (κ2) is 4.75. The number of hydrogen-bond donors (Lipinski definition) is 1. The summed E-state index contributed by atoms with van der Waals surface area (Å²) in [5.74, 6) is 2.61. The van der Waals surface area contributed by atoms with Crippen LogP contribution in [0.4, 0.5) is 0 Å². The van der Waals surface area contributed by atoms with Crippen LogP contribution in [0.25, 0.3) is 0 Å². The Morgan fingerprint density at radius 3 is 2.94 bits per heavy atom. The predicted molar refractivity (Wildman–Crippen MR) is 60.9 cm³/mol. The Bertz CT molecular complexity index is 283. The summed E-state index contributed by atoms with van der Waals surface area (Å²) in [6.45, 7) is 2.16. The van der Waals surface area contributed by atoms with Gasteiger partial charge in [-0.05, 0) is 19.3 Å². The van der Waals surface area contributed by atoms with Gasteiger partial charge in [0.15, 0.2) is 0 Å². The molecule has 0 bridgehead atoms. The zero-order valence-corrected chi connectivity index (χ0v) is 9.82. The topological polar surface area (TPSA) is 38.7 Å². The van der Waals surface area contributed by atoms with E-state index in [1.54, 1.807) is 0 Å². The van der Waals surface area contributed by atoms with Gasteiger partial charge < -0.3 is 14.6 Å². The van der Waals surface area contributed by atoms with E-state index in [1.807, 2.05) is 0 Å². The highest BCUT2D eigenvalue weighted by Crippen LogP contribution is 2.41. The molecule has 0 aromatic carbocycles. The maximum atomic E-state index is 9.58.